The van der Waals surface area contributed by atoms with Crippen molar-refractivity contribution in [2.45, 2.75) is 17.3 Å². The fourth-order valence-electron chi connectivity index (χ4n) is 2.84. The van der Waals surface area contributed by atoms with Gasteiger partial charge in [0.2, 0.25) is 11.1 Å². The number of carbonyl (C=O) groups excluding carboxylic acids is 1. The number of nitrogens with one attached hydrogen (secondary N) is 1. The zero-order valence-electron chi connectivity index (χ0n) is 16.3. The molecule has 0 aliphatic heterocycles. The molecule has 4 aromatic rings. The Morgan fingerprint density at radius 1 is 0.833 bits per heavy atom. The van der Waals surface area contributed by atoms with Gasteiger partial charge in [0.05, 0.1) is 5.25 Å². The minimum Gasteiger partial charge on any atom is -0.325 e. The summed E-state index contributed by atoms with van der Waals surface area (Å²) in [5.74, 6) is -0.136. The number of hydrogen-bond acceptors (Lipinski definition) is 6. The van der Waals surface area contributed by atoms with Crippen molar-refractivity contribution in [2.24, 2.45) is 0 Å². The summed E-state index contributed by atoms with van der Waals surface area (Å²) in [5, 5.41) is 11.7. The molecule has 1 N–H and O–H groups in total. The molecule has 1 atom stereocenters. The fraction of sp³-hybridized carbons (Fsp3) is 0.0870. The summed E-state index contributed by atoms with van der Waals surface area (Å²) in [7, 11) is 0. The molecular weight excluding hydrogens is 394 g/mol. The van der Waals surface area contributed by atoms with E-state index in [0.29, 0.717) is 16.5 Å². The Balaban J connectivity index is 1.61. The number of amides is 1. The van der Waals surface area contributed by atoms with Gasteiger partial charge in [-0.3, -0.25) is 9.78 Å². The number of aromatic nitrogens is 4. The number of anilines is 1. The van der Waals surface area contributed by atoms with Crippen molar-refractivity contribution in [2.75, 3.05) is 5.32 Å². The van der Waals surface area contributed by atoms with E-state index < -0.39 is 5.25 Å². The molecule has 2 aromatic carbocycles. The maximum atomic E-state index is 12.5. The zero-order chi connectivity index (χ0) is 20.8. The van der Waals surface area contributed by atoms with Gasteiger partial charge in [-0.2, -0.15) is 0 Å². The summed E-state index contributed by atoms with van der Waals surface area (Å²) in [6.45, 7) is 1.82. The van der Waals surface area contributed by atoms with Gasteiger partial charge in [-0.25, -0.2) is 4.98 Å². The van der Waals surface area contributed by atoms with Gasteiger partial charge in [0.25, 0.3) is 0 Å². The Hall–Kier alpha value is -3.58. The van der Waals surface area contributed by atoms with Crippen LogP contribution in [0.25, 0.3) is 22.5 Å². The summed E-state index contributed by atoms with van der Waals surface area (Å²) in [5.41, 5.74) is 4.03. The largest absolute Gasteiger partial charge is 0.325 e. The fourth-order valence-corrected chi connectivity index (χ4v) is 3.55. The first-order valence-electron chi connectivity index (χ1n) is 9.44. The predicted octanol–water partition coefficient (Wildman–Crippen LogP) is 4.72. The van der Waals surface area contributed by atoms with Gasteiger partial charge in [-0.05, 0) is 19.1 Å². The normalized spacial score (nSPS) is 11.6. The maximum absolute atomic E-state index is 12.5. The van der Waals surface area contributed by atoms with Crippen molar-refractivity contribution in [1.82, 2.24) is 20.2 Å². The second-order valence-corrected chi connectivity index (χ2v) is 7.82. The van der Waals surface area contributed by atoms with E-state index in [1.165, 1.54) is 11.8 Å². The summed E-state index contributed by atoms with van der Waals surface area (Å²) < 4.78 is 0. The molecule has 148 valence electrons. The van der Waals surface area contributed by atoms with E-state index in [4.69, 9.17) is 4.98 Å². The Morgan fingerprint density at radius 2 is 1.43 bits per heavy atom. The number of carbonyl (C=O) groups is 1. The van der Waals surface area contributed by atoms with Crippen molar-refractivity contribution in [3.05, 3.63) is 85.2 Å². The highest BCUT2D eigenvalue weighted by Gasteiger charge is 2.19. The molecule has 2 aromatic heterocycles. The SMILES string of the molecule is CC(Sc1nnc(-c2ccccc2)c(-c2ccccc2)n1)C(=O)Nc1ccncc1. The van der Waals surface area contributed by atoms with Gasteiger partial charge in [0.15, 0.2) is 0 Å². The van der Waals surface area contributed by atoms with E-state index in [2.05, 4.69) is 20.5 Å². The van der Waals surface area contributed by atoms with Gasteiger partial charge in [0, 0.05) is 29.2 Å². The minimum atomic E-state index is -0.397. The molecule has 2 heterocycles. The van der Waals surface area contributed by atoms with Crippen LogP contribution >= 0.6 is 11.8 Å². The van der Waals surface area contributed by atoms with Crippen LogP contribution in [0, 0.1) is 0 Å². The lowest BCUT2D eigenvalue weighted by Crippen LogP contribution is -2.22. The highest BCUT2D eigenvalue weighted by molar-refractivity contribution is 8.00. The summed E-state index contributed by atoms with van der Waals surface area (Å²) in [6.07, 6.45) is 3.27. The molecule has 7 heteroatoms. The average Bonchev–Trinajstić information content (AvgIpc) is 2.81. The first-order valence-corrected chi connectivity index (χ1v) is 10.3. The van der Waals surface area contributed by atoms with Crippen molar-refractivity contribution in [1.29, 1.82) is 0 Å². The number of benzene rings is 2. The van der Waals surface area contributed by atoms with Crippen LogP contribution in [0.1, 0.15) is 6.92 Å². The van der Waals surface area contributed by atoms with Crippen molar-refractivity contribution < 1.29 is 4.79 Å². The molecule has 0 aliphatic rings. The molecule has 0 aliphatic carbocycles. The molecule has 1 amide bonds. The van der Waals surface area contributed by atoms with Crippen LogP contribution in [-0.2, 0) is 4.79 Å². The van der Waals surface area contributed by atoms with E-state index in [0.717, 1.165) is 16.8 Å². The van der Waals surface area contributed by atoms with E-state index in [-0.39, 0.29) is 5.91 Å². The van der Waals surface area contributed by atoms with Gasteiger partial charge in [-0.15, -0.1) is 10.2 Å². The van der Waals surface area contributed by atoms with Crippen LogP contribution in [0.5, 0.6) is 0 Å². The Morgan fingerprint density at radius 3 is 2.07 bits per heavy atom. The van der Waals surface area contributed by atoms with Crippen molar-refractivity contribution in [3.8, 4) is 22.5 Å². The topological polar surface area (TPSA) is 80.7 Å². The van der Waals surface area contributed by atoms with Crippen LogP contribution in [-0.4, -0.2) is 31.3 Å². The molecular formula is C23H19N5OS. The number of thioether (sulfide) groups is 1. The van der Waals surface area contributed by atoms with Crippen LogP contribution in [0.15, 0.2) is 90.3 Å². The van der Waals surface area contributed by atoms with Gasteiger partial charge >= 0.3 is 0 Å². The lowest BCUT2D eigenvalue weighted by Gasteiger charge is -2.13. The number of hydrogen-bond donors (Lipinski definition) is 1. The van der Waals surface area contributed by atoms with Gasteiger partial charge in [0.1, 0.15) is 11.4 Å². The molecule has 1 unspecified atom stereocenters. The van der Waals surface area contributed by atoms with Crippen LogP contribution in [0.3, 0.4) is 0 Å². The molecule has 6 nitrogen and oxygen atoms in total. The third-order valence-electron chi connectivity index (χ3n) is 4.36. The lowest BCUT2D eigenvalue weighted by atomic mass is 10.0. The highest BCUT2D eigenvalue weighted by Crippen LogP contribution is 2.30. The van der Waals surface area contributed by atoms with Crippen LogP contribution < -0.4 is 5.32 Å². The minimum absolute atomic E-state index is 0.136. The number of rotatable bonds is 6. The van der Waals surface area contributed by atoms with Crippen molar-refractivity contribution >= 4 is 23.4 Å². The summed E-state index contributed by atoms with van der Waals surface area (Å²) in [4.78, 5) is 21.2. The maximum Gasteiger partial charge on any atom is 0.237 e. The monoisotopic (exact) mass is 413 g/mol. The molecule has 0 saturated carbocycles. The zero-order valence-corrected chi connectivity index (χ0v) is 17.1. The molecule has 0 spiro atoms. The first kappa shape index (κ1) is 19.7. The van der Waals surface area contributed by atoms with Gasteiger partial charge in [-0.1, -0.05) is 72.4 Å². The molecule has 0 bridgehead atoms. The second-order valence-electron chi connectivity index (χ2n) is 6.51. The Bertz CT molecular complexity index is 1120. The van der Waals surface area contributed by atoms with Crippen LogP contribution in [0.4, 0.5) is 5.69 Å². The van der Waals surface area contributed by atoms with Crippen LogP contribution in [0.2, 0.25) is 0 Å². The molecule has 30 heavy (non-hydrogen) atoms. The second kappa shape index (κ2) is 9.28. The van der Waals surface area contributed by atoms with E-state index in [9.17, 15) is 4.79 Å². The number of nitrogens with zero attached hydrogens (tertiary/aromatic N) is 4. The van der Waals surface area contributed by atoms with E-state index in [1.807, 2.05) is 67.6 Å². The van der Waals surface area contributed by atoms with Crippen molar-refractivity contribution in [3.63, 3.8) is 0 Å². The molecule has 0 radical (unpaired) electrons. The quantitative estimate of drug-likeness (QED) is 0.461. The molecule has 4 rings (SSSR count). The van der Waals surface area contributed by atoms with E-state index >= 15 is 0 Å². The highest BCUT2D eigenvalue weighted by atomic mass is 32.2. The smallest absolute Gasteiger partial charge is 0.237 e. The Kier molecular flexibility index (Phi) is 6.10. The number of pyridine rings is 1. The first-order chi connectivity index (χ1) is 14.7. The standard InChI is InChI=1S/C23H19N5OS/c1-16(22(29)25-19-12-14-24-15-13-19)30-23-26-20(17-8-4-2-5-9-17)21(27-28-23)18-10-6-3-7-11-18/h2-16H,1H3,(H,24,25,29). The van der Waals surface area contributed by atoms with E-state index in [1.54, 1.807) is 24.5 Å². The third-order valence-corrected chi connectivity index (χ3v) is 5.31. The molecule has 0 saturated heterocycles. The predicted molar refractivity (Wildman–Crippen MR) is 119 cm³/mol. The third kappa shape index (κ3) is 4.69. The summed E-state index contributed by atoms with van der Waals surface area (Å²) >= 11 is 1.27. The molecule has 0 fully saturated rings. The average molecular weight is 414 g/mol. The summed E-state index contributed by atoms with van der Waals surface area (Å²) in [6, 6.07) is 23.2. The lowest BCUT2D eigenvalue weighted by molar-refractivity contribution is -0.115. The van der Waals surface area contributed by atoms with Gasteiger partial charge < -0.3 is 5.32 Å². The Labute approximate surface area is 178 Å².